The standard InChI is InChI=1S/C19H20N2O2/c1-14(2)19(23)21-17-11-9-16(10-12-17)20-18(22)13-8-15-6-4-3-5-7-15/h3-14H,1-2H3,(H,20,22)(H,21,23). The first-order valence-electron chi connectivity index (χ1n) is 7.49. The van der Waals surface area contributed by atoms with E-state index in [2.05, 4.69) is 10.6 Å². The van der Waals surface area contributed by atoms with Crippen molar-refractivity contribution in [3.8, 4) is 0 Å². The fourth-order valence-electron chi connectivity index (χ4n) is 1.84. The van der Waals surface area contributed by atoms with Crippen molar-refractivity contribution in [1.82, 2.24) is 0 Å². The summed E-state index contributed by atoms with van der Waals surface area (Å²) in [6.07, 6.45) is 3.25. The number of benzene rings is 2. The van der Waals surface area contributed by atoms with Crippen LogP contribution >= 0.6 is 0 Å². The normalized spacial score (nSPS) is 10.7. The van der Waals surface area contributed by atoms with Gasteiger partial charge >= 0.3 is 0 Å². The number of nitrogens with one attached hydrogen (secondary N) is 2. The largest absolute Gasteiger partial charge is 0.326 e. The highest BCUT2D eigenvalue weighted by atomic mass is 16.2. The van der Waals surface area contributed by atoms with Crippen molar-refractivity contribution >= 4 is 29.3 Å². The van der Waals surface area contributed by atoms with E-state index in [0.29, 0.717) is 11.4 Å². The summed E-state index contributed by atoms with van der Waals surface area (Å²) in [5.74, 6) is -0.307. The lowest BCUT2D eigenvalue weighted by molar-refractivity contribution is -0.119. The molecule has 0 spiro atoms. The van der Waals surface area contributed by atoms with Gasteiger partial charge in [0, 0.05) is 23.4 Å². The van der Waals surface area contributed by atoms with Gasteiger partial charge in [0.1, 0.15) is 0 Å². The molecule has 0 unspecified atom stereocenters. The molecule has 0 bridgehead atoms. The maximum absolute atomic E-state index is 11.9. The average molecular weight is 308 g/mol. The molecule has 2 amide bonds. The lowest BCUT2D eigenvalue weighted by atomic mass is 10.2. The van der Waals surface area contributed by atoms with E-state index in [0.717, 1.165) is 5.56 Å². The minimum Gasteiger partial charge on any atom is -0.326 e. The van der Waals surface area contributed by atoms with Crippen molar-refractivity contribution in [1.29, 1.82) is 0 Å². The molecule has 0 heterocycles. The zero-order valence-electron chi connectivity index (χ0n) is 13.2. The Bertz CT molecular complexity index is 689. The fraction of sp³-hybridized carbons (Fsp3) is 0.158. The number of carbonyl (C=O) groups excluding carboxylic acids is 2. The molecule has 2 aromatic carbocycles. The smallest absolute Gasteiger partial charge is 0.248 e. The molecule has 0 aliphatic carbocycles. The number of anilines is 2. The molecule has 2 N–H and O–H groups in total. The fourth-order valence-corrected chi connectivity index (χ4v) is 1.84. The third-order valence-electron chi connectivity index (χ3n) is 3.17. The van der Waals surface area contributed by atoms with E-state index in [9.17, 15) is 9.59 Å². The van der Waals surface area contributed by atoms with Crippen LogP contribution in [0.3, 0.4) is 0 Å². The lowest BCUT2D eigenvalue weighted by Crippen LogP contribution is -2.17. The molecule has 0 saturated heterocycles. The minimum absolute atomic E-state index is 0.0346. The molecule has 0 aliphatic heterocycles. The van der Waals surface area contributed by atoms with Crippen LogP contribution in [0, 0.1) is 5.92 Å². The molecule has 4 heteroatoms. The van der Waals surface area contributed by atoms with E-state index in [1.807, 2.05) is 44.2 Å². The molecule has 0 aliphatic rings. The van der Waals surface area contributed by atoms with Crippen LogP contribution in [0.15, 0.2) is 60.7 Å². The topological polar surface area (TPSA) is 58.2 Å². The van der Waals surface area contributed by atoms with Gasteiger partial charge in [-0.25, -0.2) is 0 Å². The molecule has 2 rings (SSSR count). The Labute approximate surface area is 136 Å². The molecule has 0 aromatic heterocycles. The predicted molar refractivity (Wildman–Crippen MR) is 94.0 cm³/mol. The van der Waals surface area contributed by atoms with Gasteiger partial charge in [0.2, 0.25) is 11.8 Å². The number of amides is 2. The third-order valence-corrected chi connectivity index (χ3v) is 3.17. The molecule has 0 radical (unpaired) electrons. The highest BCUT2D eigenvalue weighted by molar-refractivity contribution is 6.02. The lowest BCUT2D eigenvalue weighted by Gasteiger charge is -2.08. The van der Waals surface area contributed by atoms with Crippen molar-refractivity contribution in [3.05, 3.63) is 66.2 Å². The molecular weight excluding hydrogens is 288 g/mol. The van der Waals surface area contributed by atoms with E-state index < -0.39 is 0 Å². The summed E-state index contributed by atoms with van der Waals surface area (Å²) in [5.41, 5.74) is 2.35. The van der Waals surface area contributed by atoms with Gasteiger partial charge in [-0.1, -0.05) is 44.2 Å². The van der Waals surface area contributed by atoms with Crippen LogP contribution in [-0.2, 0) is 9.59 Å². The van der Waals surface area contributed by atoms with E-state index >= 15 is 0 Å². The Morgan fingerprint density at radius 1 is 0.870 bits per heavy atom. The van der Waals surface area contributed by atoms with Crippen molar-refractivity contribution in [2.45, 2.75) is 13.8 Å². The maximum atomic E-state index is 11.9. The molecular formula is C19H20N2O2. The highest BCUT2D eigenvalue weighted by Crippen LogP contribution is 2.14. The highest BCUT2D eigenvalue weighted by Gasteiger charge is 2.06. The van der Waals surface area contributed by atoms with Gasteiger partial charge in [-0.2, -0.15) is 0 Å². The Morgan fingerprint density at radius 2 is 1.43 bits per heavy atom. The second-order valence-corrected chi connectivity index (χ2v) is 5.45. The maximum Gasteiger partial charge on any atom is 0.248 e. The van der Waals surface area contributed by atoms with Gasteiger partial charge in [-0.05, 0) is 35.9 Å². The van der Waals surface area contributed by atoms with Crippen molar-refractivity contribution in [2.24, 2.45) is 5.92 Å². The van der Waals surface area contributed by atoms with Crippen LogP contribution in [0.2, 0.25) is 0 Å². The van der Waals surface area contributed by atoms with E-state index in [1.54, 1.807) is 30.3 Å². The minimum atomic E-state index is -0.201. The first-order valence-corrected chi connectivity index (χ1v) is 7.49. The number of carbonyl (C=O) groups is 2. The summed E-state index contributed by atoms with van der Waals surface area (Å²) in [6, 6.07) is 16.6. The molecule has 0 saturated carbocycles. The second-order valence-electron chi connectivity index (χ2n) is 5.45. The van der Waals surface area contributed by atoms with Crippen LogP contribution in [0.5, 0.6) is 0 Å². The molecule has 118 valence electrons. The second kappa shape index (κ2) is 7.94. The molecule has 0 fully saturated rings. The van der Waals surface area contributed by atoms with Gasteiger partial charge in [-0.3, -0.25) is 9.59 Å². The van der Waals surface area contributed by atoms with Crippen LogP contribution in [0.4, 0.5) is 11.4 Å². The molecule has 4 nitrogen and oxygen atoms in total. The zero-order chi connectivity index (χ0) is 16.7. The quantitative estimate of drug-likeness (QED) is 0.822. The number of rotatable bonds is 5. The molecule has 0 atom stereocenters. The summed E-state index contributed by atoms with van der Waals surface area (Å²) in [7, 11) is 0. The van der Waals surface area contributed by atoms with Gasteiger partial charge in [0.15, 0.2) is 0 Å². The van der Waals surface area contributed by atoms with E-state index in [1.165, 1.54) is 6.08 Å². The Morgan fingerprint density at radius 3 is 2.00 bits per heavy atom. The number of hydrogen-bond acceptors (Lipinski definition) is 2. The molecule has 23 heavy (non-hydrogen) atoms. The summed E-state index contributed by atoms with van der Waals surface area (Å²) in [5, 5.41) is 5.58. The van der Waals surface area contributed by atoms with Crippen molar-refractivity contribution in [2.75, 3.05) is 10.6 Å². The van der Waals surface area contributed by atoms with Gasteiger partial charge in [-0.15, -0.1) is 0 Å². The number of hydrogen-bond donors (Lipinski definition) is 2. The van der Waals surface area contributed by atoms with Gasteiger partial charge < -0.3 is 10.6 Å². The van der Waals surface area contributed by atoms with Crippen LogP contribution in [-0.4, -0.2) is 11.8 Å². The summed E-state index contributed by atoms with van der Waals surface area (Å²) in [4.78, 5) is 23.5. The average Bonchev–Trinajstić information content (AvgIpc) is 2.55. The van der Waals surface area contributed by atoms with Gasteiger partial charge in [0.05, 0.1) is 0 Å². The first-order chi connectivity index (χ1) is 11.0. The third kappa shape index (κ3) is 5.43. The van der Waals surface area contributed by atoms with Crippen LogP contribution in [0.25, 0.3) is 6.08 Å². The Hall–Kier alpha value is -2.88. The van der Waals surface area contributed by atoms with Crippen LogP contribution < -0.4 is 10.6 Å². The van der Waals surface area contributed by atoms with E-state index in [-0.39, 0.29) is 17.7 Å². The first kappa shape index (κ1) is 16.5. The van der Waals surface area contributed by atoms with Gasteiger partial charge in [0.25, 0.3) is 0 Å². The predicted octanol–water partition coefficient (Wildman–Crippen LogP) is 3.93. The SMILES string of the molecule is CC(C)C(=O)Nc1ccc(NC(=O)C=Cc2ccccc2)cc1. The summed E-state index contributed by atoms with van der Waals surface area (Å²) >= 11 is 0. The monoisotopic (exact) mass is 308 g/mol. The van der Waals surface area contributed by atoms with E-state index in [4.69, 9.17) is 0 Å². The molecule has 2 aromatic rings. The van der Waals surface area contributed by atoms with Crippen LogP contribution in [0.1, 0.15) is 19.4 Å². The zero-order valence-corrected chi connectivity index (χ0v) is 13.2. The summed E-state index contributed by atoms with van der Waals surface area (Å²) in [6.45, 7) is 3.67. The summed E-state index contributed by atoms with van der Waals surface area (Å²) < 4.78 is 0. The Kier molecular flexibility index (Phi) is 5.69. The van der Waals surface area contributed by atoms with Crippen molar-refractivity contribution < 1.29 is 9.59 Å². The Balaban J connectivity index is 1.91. The van der Waals surface area contributed by atoms with Crippen molar-refractivity contribution in [3.63, 3.8) is 0 Å².